The Kier molecular flexibility index (Phi) is 16.0. The number of nitrogens with one attached hydrogen (secondary N) is 3. The van der Waals surface area contributed by atoms with Crippen LogP contribution in [0.5, 0.6) is 0 Å². The van der Waals surface area contributed by atoms with Crippen molar-refractivity contribution in [1.82, 2.24) is 24.5 Å². The summed E-state index contributed by atoms with van der Waals surface area (Å²) in [5.41, 5.74) is 1.74. The number of carboxylic acid groups (broad SMARTS) is 3. The van der Waals surface area contributed by atoms with Crippen molar-refractivity contribution < 1.29 is 69.3 Å². The summed E-state index contributed by atoms with van der Waals surface area (Å²) in [6.07, 6.45) is -3.90. The average molecular weight is 849 g/mol. The maximum absolute atomic E-state index is 14.0. The zero-order valence-electron chi connectivity index (χ0n) is 30.2. The normalized spacial score (nSPS) is 22.3. The zero-order chi connectivity index (χ0) is 42.2. The number of carbonyl (C=O) groups is 4. The summed E-state index contributed by atoms with van der Waals surface area (Å²) in [5.74, 6) is -3.52. The van der Waals surface area contributed by atoms with Crippen molar-refractivity contribution in [3.8, 4) is 11.3 Å². The summed E-state index contributed by atoms with van der Waals surface area (Å²) < 4.78 is 89.2. The number of aliphatic carboxylic acids is 2. The van der Waals surface area contributed by atoms with Gasteiger partial charge in [0.25, 0.3) is 0 Å². The van der Waals surface area contributed by atoms with Gasteiger partial charge < -0.3 is 30.5 Å². The van der Waals surface area contributed by atoms with Crippen molar-refractivity contribution in [2.45, 2.75) is 63.3 Å². The molecule has 0 radical (unpaired) electrons. The van der Waals surface area contributed by atoms with Crippen LogP contribution in [0.3, 0.4) is 0 Å². The van der Waals surface area contributed by atoms with Crippen LogP contribution in [0.4, 0.5) is 36.8 Å². The molecule has 0 unspecified atom stereocenters. The first-order valence-electron chi connectivity index (χ1n) is 17.3. The van der Waals surface area contributed by atoms with Crippen LogP contribution in [0.2, 0.25) is 5.15 Å². The van der Waals surface area contributed by atoms with E-state index >= 15 is 0 Å². The van der Waals surface area contributed by atoms with Gasteiger partial charge >= 0.3 is 30.4 Å². The smallest absolute Gasteiger partial charge is 0.475 e. The second-order valence-corrected chi connectivity index (χ2v) is 16.0. The van der Waals surface area contributed by atoms with Crippen molar-refractivity contribution in [1.29, 1.82) is 0 Å². The number of aromatic nitrogens is 2. The summed E-state index contributed by atoms with van der Waals surface area (Å²) in [5, 5.41) is 29.2. The monoisotopic (exact) mass is 848 g/mol. The van der Waals surface area contributed by atoms with Gasteiger partial charge in [0.1, 0.15) is 16.7 Å². The Bertz CT molecular complexity index is 1760. The van der Waals surface area contributed by atoms with Gasteiger partial charge in [-0.15, -0.1) is 0 Å². The number of rotatable bonds is 8. The fourth-order valence-electron chi connectivity index (χ4n) is 7.08. The van der Waals surface area contributed by atoms with Crippen LogP contribution in [0.1, 0.15) is 56.8 Å². The van der Waals surface area contributed by atoms with Gasteiger partial charge in [-0.05, 0) is 88.4 Å². The molecule has 2 saturated heterocycles. The summed E-state index contributed by atoms with van der Waals surface area (Å²) in [6, 6.07) is 6.59. The number of nitrogens with zero attached hydrogens (tertiary/aromatic N) is 3. The molecular formula is C33H43ClF6N6O9S. The number of sulfonamides is 1. The minimum Gasteiger partial charge on any atom is -0.475 e. The average Bonchev–Trinajstić information content (AvgIpc) is 3.72. The number of halogens is 7. The van der Waals surface area contributed by atoms with Crippen molar-refractivity contribution in [3.63, 3.8) is 0 Å². The zero-order valence-corrected chi connectivity index (χ0v) is 31.7. The molecule has 1 aliphatic carbocycles. The van der Waals surface area contributed by atoms with E-state index in [1.54, 1.807) is 28.6 Å². The van der Waals surface area contributed by atoms with Gasteiger partial charge in [-0.1, -0.05) is 23.7 Å². The fourth-order valence-corrected chi connectivity index (χ4v) is 8.20. The molecular weight excluding hydrogens is 806 g/mol. The van der Waals surface area contributed by atoms with Crippen LogP contribution in [-0.2, 0) is 24.4 Å². The number of hydrogen-bond acceptors (Lipinski definition) is 8. The Morgan fingerprint density at radius 3 is 1.86 bits per heavy atom. The Balaban J connectivity index is 0.000000512. The number of carbonyl (C=O) groups excluding carboxylic acids is 1. The Hall–Kier alpha value is -4.15. The van der Waals surface area contributed by atoms with Crippen molar-refractivity contribution in [2.75, 3.05) is 44.8 Å². The number of amides is 2. The molecule has 15 nitrogen and oxygen atoms in total. The van der Waals surface area contributed by atoms with Crippen LogP contribution in [0.15, 0.2) is 24.3 Å². The Morgan fingerprint density at radius 2 is 1.41 bits per heavy atom. The molecule has 1 aromatic heterocycles. The number of likely N-dealkylation sites (tertiary alicyclic amines) is 1. The maximum Gasteiger partial charge on any atom is 0.490 e. The van der Waals surface area contributed by atoms with Gasteiger partial charge in [0.15, 0.2) is 0 Å². The summed E-state index contributed by atoms with van der Waals surface area (Å²) in [6.45, 7) is 2.63. The number of hydrogen-bond donors (Lipinski definition) is 6. The van der Waals surface area contributed by atoms with Crippen molar-refractivity contribution >= 4 is 51.3 Å². The Labute approximate surface area is 322 Å². The number of benzene rings is 1. The predicted molar refractivity (Wildman–Crippen MR) is 189 cm³/mol. The first-order valence-corrected chi connectivity index (χ1v) is 19.5. The second-order valence-electron chi connectivity index (χ2n) is 13.7. The molecule has 0 spiro atoms. The molecule has 56 heavy (non-hydrogen) atoms. The van der Waals surface area contributed by atoms with E-state index in [0.29, 0.717) is 53.8 Å². The van der Waals surface area contributed by atoms with E-state index in [1.165, 1.54) is 6.26 Å². The first kappa shape index (κ1) is 46.2. The first-order chi connectivity index (χ1) is 25.9. The highest BCUT2D eigenvalue weighted by atomic mass is 35.5. The van der Waals surface area contributed by atoms with Crippen LogP contribution >= 0.6 is 11.6 Å². The van der Waals surface area contributed by atoms with Crippen LogP contribution in [0, 0.1) is 23.7 Å². The van der Waals surface area contributed by atoms with Gasteiger partial charge in [-0.2, -0.15) is 26.3 Å². The van der Waals surface area contributed by atoms with Gasteiger partial charge in [0.05, 0.1) is 12.3 Å². The van der Waals surface area contributed by atoms with Gasteiger partial charge in [0, 0.05) is 36.8 Å². The number of anilines is 1. The highest BCUT2D eigenvalue weighted by Gasteiger charge is 2.44. The van der Waals surface area contributed by atoms with E-state index in [4.69, 9.17) is 41.5 Å². The van der Waals surface area contributed by atoms with Gasteiger partial charge in [-0.3, -0.25) is 10.1 Å². The molecule has 2 aliphatic heterocycles. The summed E-state index contributed by atoms with van der Waals surface area (Å²) in [7, 11) is -1.24. The molecule has 0 bridgehead atoms. The van der Waals surface area contributed by atoms with Gasteiger partial charge in [0.2, 0.25) is 15.9 Å². The van der Waals surface area contributed by atoms with E-state index in [1.807, 2.05) is 11.9 Å². The van der Waals surface area contributed by atoms with E-state index in [2.05, 4.69) is 15.6 Å². The summed E-state index contributed by atoms with van der Waals surface area (Å²) in [4.78, 5) is 52.9. The van der Waals surface area contributed by atoms with E-state index in [-0.39, 0.29) is 23.8 Å². The minimum atomic E-state index is -5.08. The van der Waals surface area contributed by atoms with E-state index in [0.717, 1.165) is 57.1 Å². The summed E-state index contributed by atoms with van der Waals surface area (Å²) >= 11 is 6.65. The molecule has 2 aromatic rings. The molecule has 6 N–H and O–H groups in total. The second kappa shape index (κ2) is 19.3. The Morgan fingerprint density at radius 1 is 0.893 bits per heavy atom. The molecule has 1 saturated carbocycles. The topological polar surface area (TPSA) is 222 Å². The molecule has 23 heteroatoms. The highest BCUT2D eigenvalue weighted by Crippen LogP contribution is 2.44. The van der Waals surface area contributed by atoms with Crippen molar-refractivity contribution in [2.24, 2.45) is 23.7 Å². The molecule has 314 valence electrons. The standard InChI is InChI=1S/C29H41ClN6O5S.2C2HF3O2/c1-31-16-18-3-5-21(6-4-18)28(37)36-17-22(19-11-13-35(14-12-19)42(2,40)41)15-24(36)27-33-25(26(30)34-27)20-7-9-23(10-8-20)32-29(38)39;2*3-2(4,5)1(6)7/h7-10,18-19,21-22,24,31-32H,3-6,11-17H2,1-2H3,(H,33,34)(H,38,39);2*(H,6,7)/t18?,21?,22-,24-;;/m0../s1. The molecule has 3 aliphatic rings. The fraction of sp³-hybridized carbons (Fsp3) is 0.606. The third kappa shape index (κ3) is 13.2. The number of aromatic amines is 1. The lowest BCUT2D eigenvalue weighted by Gasteiger charge is -2.34. The third-order valence-electron chi connectivity index (χ3n) is 9.83. The van der Waals surface area contributed by atoms with E-state index < -0.39 is 40.4 Å². The lowest BCUT2D eigenvalue weighted by molar-refractivity contribution is -0.193. The molecule has 1 aromatic carbocycles. The van der Waals surface area contributed by atoms with Crippen LogP contribution in [-0.4, -0.2) is 119 Å². The molecule has 2 atom stereocenters. The molecule has 5 rings (SSSR count). The molecule has 2 amide bonds. The highest BCUT2D eigenvalue weighted by molar-refractivity contribution is 7.88. The number of carboxylic acids is 2. The lowest BCUT2D eigenvalue weighted by atomic mass is 9.81. The number of imidazole rings is 1. The number of piperidine rings is 1. The van der Waals surface area contributed by atoms with Gasteiger partial charge in [-0.25, -0.2) is 32.1 Å². The molecule has 3 fully saturated rings. The third-order valence-corrected chi connectivity index (χ3v) is 11.4. The van der Waals surface area contributed by atoms with Crippen molar-refractivity contribution in [3.05, 3.63) is 35.2 Å². The SMILES string of the molecule is CNCC1CCC(C(=O)N2C[C@@H](C3CCN(S(C)(=O)=O)CC3)C[C@H]2c2nc(-c3ccc(NC(=O)O)cc3)c(Cl)[nH]2)CC1.O=C(O)C(F)(F)F.O=C(O)C(F)(F)F. The number of alkyl halides is 6. The minimum absolute atomic E-state index is 0.00868. The predicted octanol–water partition coefficient (Wildman–Crippen LogP) is 5.67. The number of H-pyrrole nitrogens is 1. The van der Waals surface area contributed by atoms with E-state index in [9.17, 15) is 44.3 Å². The largest absolute Gasteiger partial charge is 0.490 e. The quantitative estimate of drug-likeness (QED) is 0.178. The van der Waals surface area contributed by atoms with Crippen LogP contribution in [0.25, 0.3) is 11.3 Å². The molecule has 3 heterocycles. The lowest BCUT2D eigenvalue weighted by Crippen LogP contribution is -2.41. The van der Waals surface area contributed by atoms with Crippen LogP contribution < -0.4 is 10.6 Å². The maximum atomic E-state index is 14.0.